The van der Waals surface area contributed by atoms with Crippen LogP contribution >= 0.6 is 35.0 Å². The topological polar surface area (TPSA) is 51.5 Å². The van der Waals surface area contributed by atoms with E-state index in [4.69, 9.17) is 27.9 Å². The first-order chi connectivity index (χ1) is 17.8. The van der Waals surface area contributed by atoms with E-state index in [1.807, 2.05) is 68.4 Å². The fourth-order valence-corrected chi connectivity index (χ4v) is 5.28. The molecule has 1 saturated heterocycles. The number of hydrogen-bond acceptors (Lipinski definition) is 4. The Hall–Kier alpha value is -3.45. The number of aryl methyl sites for hydroxylation is 1. The molecule has 3 aromatic carbocycles. The third-order valence-electron chi connectivity index (χ3n) is 6.05. The van der Waals surface area contributed by atoms with Crippen molar-refractivity contribution in [2.45, 2.75) is 20.5 Å². The zero-order chi connectivity index (χ0) is 26.1. The lowest BCUT2D eigenvalue weighted by molar-refractivity contribution is -0.113. The van der Waals surface area contributed by atoms with Gasteiger partial charge in [0.1, 0.15) is 12.4 Å². The summed E-state index contributed by atoms with van der Waals surface area (Å²) in [6, 6.07) is 24.1. The van der Waals surface area contributed by atoms with Crippen LogP contribution in [0.15, 0.2) is 83.8 Å². The fraction of sp³-hybridized carbons (Fsp3) is 0.103. The van der Waals surface area contributed by atoms with Crippen LogP contribution < -0.4 is 9.64 Å². The van der Waals surface area contributed by atoms with Crippen LogP contribution in [-0.2, 0) is 11.4 Å². The van der Waals surface area contributed by atoms with Gasteiger partial charge in [0.25, 0.3) is 11.1 Å². The summed E-state index contributed by atoms with van der Waals surface area (Å²) < 4.78 is 8.02. The third kappa shape index (κ3) is 5.32. The summed E-state index contributed by atoms with van der Waals surface area (Å²) >= 11 is 12.8. The van der Waals surface area contributed by atoms with Gasteiger partial charge in [-0.05, 0) is 110 Å². The van der Waals surface area contributed by atoms with Crippen LogP contribution in [-0.4, -0.2) is 15.7 Å². The van der Waals surface area contributed by atoms with Crippen molar-refractivity contribution < 1.29 is 14.3 Å². The Labute approximate surface area is 229 Å². The van der Waals surface area contributed by atoms with E-state index in [0.717, 1.165) is 45.7 Å². The fourth-order valence-electron chi connectivity index (χ4n) is 4.19. The largest absolute Gasteiger partial charge is 0.489 e. The van der Waals surface area contributed by atoms with Gasteiger partial charge in [0.15, 0.2) is 0 Å². The first-order valence-corrected chi connectivity index (χ1v) is 13.1. The third-order valence-corrected chi connectivity index (χ3v) is 7.42. The Balaban J connectivity index is 1.34. The zero-order valence-electron chi connectivity index (χ0n) is 20.1. The van der Waals surface area contributed by atoms with E-state index in [1.165, 1.54) is 4.90 Å². The van der Waals surface area contributed by atoms with Gasteiger partial charge in [-0.25, -0.2) is 4.90 Å². The number of thioether (sulfide) groups is 1. The number of anilines is 1. The molecule has 0 radical (unpaired) electrons. The number of benzene rings is 3. The summed E-state index contributed by atoms with van der Waals surface area (Å²) in [6.07, 6.45) is 1.78. The molecule has 186 valence electrons. The van der Waals surface area contributed by atoms with Crippen LogP contribution in [0.5, 0.6) is 5.75 Å². The molecule has 8 heteroatoms. The Kier molecular flexibility index (Phi) is 7.15. The molecular formula is C29H22Cl2N2O3S. The molecule has 0 spiro atoms. The highest BCUT2D eigenvalue weighted by Gasteiger charge is 2.36. The lowest BCUT2D eigenvalue weighted by Crippen LogP contribution is -2.27. The van der Waals surface area contributed by atoms with Gasteiger partial charge < -0.3 is 9.30 Å². The van der Waals surface area contributed by atoms with Crippen molar-refractivity contribution in [1.82, 2.24) is 4.57 Å². The predicted molar refractivity (Wildman–Crippen MR) is 151 cm³/mol. The van der Waals surface area contributed by atoms with Crippen molar-refractivity contribution in [1.29, 1.82) is 0 Å². The number of amides is 2. The summed E-state index contributed by atoms with van der Waals surface area (Å²) in [4.78, 5) is 27.2. The predicted octanol–water partition coefficient (Wildman–Crippen LogP) is 8.22. The summed E-state index contributed by atoms with van der Waals surface area (Å²) in [7, 11) is 0. The second kappa shape index (κ2) is 10.5. The maximum Gasteiger partial charge on any atom is 0.298 e. The van der Waals surface area contributed by atoms with Gasteiger partial charge >= 0.3 is 0 Å². The normalized spacial score (nSPS) is 14.6. The van der Waals surface area contributed by atoms with Crippen LogP contribution in [0.3, 0.4) is 0 Å². The lowest BCUT2D eigenvalue weighted by atomic mass is 10.2. The van der Waals surface area contributed by atoms with E-state index in [2.05, 4.69) is 4.57 Å². The number of nitrogens with zero attached hydrogens (tertiary/aromatic N) is 2. The molecule has 0 atom stereocenters. The van der Waals surface area contributed by atoms with Crippen LogP contribution in [0, 0.1) is 13.8 Å². The Morgan fingerprint density at radius 1 is 0.838 bits per heavy atom. The van der Waals surface area contributed by atoms with Crippen LogP contribution in [0.4, 0.5) is 10.5 Å². The van der Waals surface area contributed by atoms with Crippen molar-refractivity contribution in [3.63, 3.8) is 0 Å². The number of rotatable bonds is 6. The zero-order valence-corrected chi connectivity index (χ0v) is 22.4. The van der Waals surface area contributed by atoms with E-state index in [-0.39, 0.29) is 11.1 Å². The minimum atomic E-state index is -0.343. The number of carbonyl (C=O) groups excluding carboxylic acids is 2. The quantitative estimate of drug-likeness (QED) is 0.228. The molecule has 37 heavy (non-hydrogen) atoms. The average Bonchev–Trinajstić information content (AvgIpc) is 3.33. The molecule has 0 N–H and O–H groups in total. The summed E-state index contributed by atoms with van der Waals surface area (Å²) in [5.41, 5.74) is 5.36. The first kappa shape index (κ1) is 25.2. The van der Waals surface area contributed by atoms with Crippen LogP contribution in [0.2, 0.25) is 10.0 Å². The number of imide groups is 1. The van der Waals surface area contributed by atoms with E-state index < -0.39 is 0 Å². The minimum Gasteiger partial charge on any atom is -0.489 e. The standard InChI is InChI=1S/C29H22Cl2N2O3S/c1-18-15-21(16-27-28(34)33(29(35)37-27)25-9-7-23(31)8-10-25)19(2)32(18)24-11-13-26(14-12-24)36-17-20-3-5-22(30)6-4-20/h3-16H,17H2,1-2H3/b27-16+. The van der Waals surface area contributed by atoms with Gasteiger partial charge in [0, 0.05) is 27.1 Å². The highest BCUT2D eigenvalue weighted by Crippen LogP contribution is 2.37. The van der Waals surface area contributed by atoms with E-state index in [9.17, 15) is 9.59 Å². The molecule has 1 fully saturated rings. The number of halogens is 2. The summed E-state index contributed by atoms with van der Waals surface area (Å²) in [6.45, 7) is 4.45. The van der Waals surface area contributed by atoms with Crippen molar-refractivity contribution in [3.05, 3.63) is 116 Å². The Morgan fingerprint density at radius 2 is 1.43 bits per heavy atom. The molecule has 1 aliphatic heterocycles. The molecule has 0 unspecified atom stereocenters. The van der Waals surface area contributed by atoms with Crippen molar-refractivity contribution in [2.24, 2.45) is 0 Å². The summed E-state index contributed by atoms with van der Waals surface area (Å²) in [5, 5.41) is 0.906. The number of carbonyl (C=O) groups is 2. The maximum absolute atomic E-state index is 13.1. The number of aromatic nitrogens is 1. The van der Waals surface area contributed by atoms with E-state index in [0.29, 0.717) is 27.2 Å². The van der Waals surface area contributed by atoms with Crippen LogP contribution in [0.25, 0.3) is 11.8 Å². The minimum absolute atomic E-state index is 0.332. The van der Waals surface area contributed by atoms with Gasteiger partial charge in [-0.3, -0.25) is 9.59 Å². The monoisotopic (exact) mass is 548 g/mol. The molecule has 5 rings (SSSR count). The maximum atomic E-state index is 13.1. The van der Waals surface area contributed by atoms with Gasteiger partial charge in [-0.2, -0.15) is 0 Å². The van der Waals surface area contributed by atoms with Crippen molar-refractivity contribution >= 4 is 57.9 Å². The SMILES string of the molecule is Cc1cc(/C=C2/SC(=O)N(c3ccc(Cl)cc3)C2=O)c(C)n1-c1ccc(OCc2ccc(Cl)cc2)cc1. The van der Waals surface area contributed by atoms with Crippen molar-refractivity contribution in [3.8, 4) is 11.4 Å². The molecule has 0 aliphatic carbocycles. The van der Waals surface area contributed by atoms with E-state index in [1.54, 1.807) is 30.3 Å². The molecule has 5 nitrogen and oxygen atoms in total. The number of hydrogen-bond donors (Lipinski definition) is 0. The lowest BCUT2D eigenvalue weighted by Gasteiger charge is -2.12. The second-order valence-corrected chi connectivity index (χ2v) is 10.4. The van der Waals surface area contributed by atoms with Gasteiger partial charge in [0.05, 0.1) is 10.6 Å². The molecule has 2 heterocycles. The average molecular weight is 549 g/mol. The summed E-state index contributed by atoms with van der Waals surface area (Å²) in [5.74, 6) is 0.418. The van der Waals surface area contributed by atoms with Crippen molar-refractivity contribution in [2.75, 3.05) is 4.90 Å². The molecule has 1 aromatic heterocycles. The Bertz CT molecular complexity index is 1510. The Morgan fingerprint density at radius 3 is 2.08 bits per heavy atom. The van der Waals surface area contributed by atoms with E-state index >= 15 is 0 Å². The smallest absolute Gasteiger partial charge is 0.298 e. The first-order valence-electron chi connectivity index (χ1n) is 11.5. The highest BCUT2D eigenvalue weighted by molar-refractivity contribution is 8.19. The molecule has 0 saturated carbocycles. The van der Waals surface area contributed by atoms with Crippen LogP contribution in [0.1, 0.15) is 22.5 Å². The molecular weight excluding hydrogens is 527 g/mol. The second-order valence-electron chi connectivity index (χ2n) is 8.56. The molecule has 0 bridgehead atoms. The number of ether oxygens (including phenoxy) is 1. The van der Waals surface area contributed by atoms with Gasteiger partial charge in [-0.15, -0.1) is 0 Å². The van der Waals surface area contributed by atoms with Gasteiger partial charge in [-0.1, -0.05) is 35.3 Å². The highest BCUT2D eigenvalue weighted by atomic mass is 35.5. The molecule has 4 aromatic rings. The van der Waals surface area contributed by atoms with Gasteiger partial charge in [0.2, 0.25) is 0 Å². The molecule has 2 amide bonds. The molecule has 1 aliphatic rings.